The number of carboxylic acid groups (broad SMARTS) is 1. The molecule has 40 heavy (non-hydrogen) atoms. The van der Waals surface area contributed by atoms with Crippen LogP contribution < -0.4 is 15.9 Å². The van der Waals surface area contributed by atoms with Crippen molar-refractivity contribution in [2.24, 2.45) is 16.9 Å². The highest BCUT2D eigenvalue weighted by Gasteiger charge is 2.40. The number of nitrogens with one attached hydrogen (secondary N) is 2. The van der Waals surface area contributed by atoms with Gasteiger partial charge >= 0.3 is 5.97 Å². The van der Waals surface area contributed by atoms with E-state index in [1.165, 1.54) is 17.3 Å². The van der Waals surface area contributed by atoms with Gasteiger partial charge in [-0.25, -0.2) is 8.42 Å². The van der Waals surface area contributed by atoms with Crippen LogP contribution in [0.4, 0.5) is 0 Å². The number of carboxylic acids is 1. The van der Waals surface area contributed by atoms with Crippen molar-refractivity contribution < 1.29 is 27.9 Å². The number of aliphatic carboxylic acids is 1. The van der Waals surface area contributed by atoms with E-state index in [9.17, 15) is 27.9 Å². The molecule has 14 heteroatoms. The predicted octanol–water partition coefficient (Wildman–Crippen LogP) is 1.10. The summed E-state index contributed by atoms with van der Waals surface area (Å²) in [5.74, 6) is 2.95. The lowest BCUT2D eigenvalue weighted by Gasteiger charge is -2.30. The minimum Gasteiger partial charge on any atom is -0.480 e. The van der Waals surface area contributed by atoms with Gasteiger partial charge in [0.1, 0.15) is 18.9 Å². The summed E-state index contributed by atoms with van der Waals surface area (Å²) in [6.45, 7) is 1.30. The Bertz CT molecular complexity index is 1340. The number of halogens is 1. The van der Waals surface area contributed by atoms with Crippen LogP contribution in [-0.2, 0) is 24.4 Å². The van der Waals surface area contributed by atoms with E-state index in [1.54, 1.807) is 36.4 Å². The molecule has 1 aliphatic carbocycles. The lowest BCUT2D eigenvalue weighted by Crippen LogP contribution is -2.53. The average molecular weight is 595 g/mol. The van der Waals surface area contributed by atoms with E-state index in [0.717, 1.165) is 24.3 Å². The van der Waals surface area contributed by atoms with E-state index >= 15 is 0 Å². The Labute approximate surface area is 239 Å². The summed E-state index contributed by atoms with van der Waals surface area (Å²) in [4.78, 5) is 41.0. The van der Waals surface area contributed by atoms with Gasteiger partial charge in [0.05, 0.1) is 11.3 Å². The van der Waals surface area contributed by atoms with Crippen LogP contribution >= 0.6 is 12.4 Å². The molecule has 12 nitrogen and oxygen atoms in total. The van der Waals surface area contributed by atoms with Crippen LogP contribution in [0.5, 0.6) is 0 Å². The molecule has 0 bridgehead atoms. The van der Waals surface area contributed by atoms with Crippen LogP contribution in [0.3, 0.4) is 0 Å². The summed E-state index contributed by atoms with van der Waals surface area (Å²) in [6.07, 6.45) is 3.70. The average Bonchev–Trinajstić information content (AvgIpc) is 3.76. The molecule has 1 saturated heterocycles. The summed E-state index contributed by atoms with van der Waals surface area (Å²) in [6, 6.07) is 9.86. The van der Waals surface area contributed by atoms with Gasteiger partial charge in [-0.05, 0) is 56.1 Å². The summed E-state index contributed by atoms with van der Waals surface area (Å²) >= 11 is 0. The van der Waals surface area contributed by atoms with Crippen molar-refractivity contribution in [3.8, 4) is 0 Å². The predicted molar refractivity (Wildman–Crippen MR) is 152 cm³/mol. The van der Waals surface area contributed by atoms with E-state index < -0.39 is 46.8 Å². The lowest BCUT2D eigenvalue weighted by molar-refractivity contribution is -0.146. The number of carbonyl (C=O) groups excluding carboxylic acids is 2. The fourth-order valence-corrected chi connectivity index (χ4v) is 6.34. The third kappa shape index (κ3) is 7.90. The highest BCUT2D eigenvalue weighted by molar-refractivity contribution is 7.89. The molecule has 1 aliphatic heterocycles. The maximum absolute atomic E-state index is 13.6. The quantitative estimate of drug-likeness (QED) is 0.122. The highest BCUT2D eigenvalue weighted by atomic mass is 35.5. The smallest absolute Gasteiger partial charge is 0.323 e. The van der Waals surface area contributed by atoms with Gasteiger partial charge in [-0.3, -0.25) is 14.4 Å². The zero-order valence-corrected chi connectivity index (χ0v) is 23.6. The molecule has 2 fully saturated rings. The van der Waals surface area contributed by atoms with Crippen molar-refractivity contribution >= 4 is 57.3 Å². The van der Waals surface area contributed by atoms with Crippen molar-refractivity contribution in [2.45, 2.75) is 49.1 Å². The molecule has 4 rings (SSSR count). The molecule has 2 atom stereocenters. The number of benzene rings is 2. The first-order valence-electron chi connectivity index (χ1n) is 13.0. The lowest BCUT2D eigenvalue weighted by atomic mass is 9.99. The van der Waals surface area contributed by atoms with Crippen molar-refractivity contribution in [3.05, 3.63) is 42.5 Å². The number of hydrazone groups is 1. The van der Waals surface area contributed by atoms with Crippen molar-refractivity contribution in [2.75, 3.05) is 26.2 Å². The Balaban J connectivity index is 0.00000441. The van der Waals surface area contributed by atoms with Crippen LogP contribution in [-0.4, -0.2) is 85.7 Å². The number of fused-ring (bicyclic) bond motifs is 1. The molecule has 5 N–H and O–H groups in total. The number of carbonyl (C=O) groups is 3. The van der Waals surface area contributed by atoms with Crippen LogP contribution in [0.15, 0.2) is 52.5 Å². The monoisotopic (exact) mass is 594 g/mol. The third-order valence-electron chi connectivity index (χ3n) is 6.97. The number of rotatable bonds is 12. The molecule has 1 saturated carbocycles. The van der Waals surface area contributed by atoms with Gasteiger partial charge in [0, 0.05) is 18.0 Å². The Kier molecular flexibility index (Phi) is 10.9. The number of nitrogens with two attached hydrogens (primary N) is 1. The van der Waals surface area contributed by atoms with Crippen molar-refractivity contribution in [3.63, 3.8) is 0 Å². The maximum atomic E-state index is 13.6. The molecule has 0 aromatic heterocycles. The molecule has 218 valence electrons. The molecular formula is C26H35ClN6O6S. The van der Waals surface area contributed by atoms with E-state index in [1.807, 2.05) is 0 Å². The zero-order valence-electron chi connectivity index (χ0n) is 21.9. The van der Waals surface area contributed by atoms with E-state index in [2.05, 4.69) is 15.1 Å². The zero-order chi connectivity index (χ0) is 28.0. The SMILES string of the molecule is Cl.NN=CN(C[C@H]1CCCNC1)C(=O)C[C@H](NS(=O)(=O)c1cccc2ccccc12)C(=O)N(CC(=O)O)C1CC1. The van der Waals surface area contributed by atoms with Crippen LogP contribution in [0.1, 0.15) is 32.1 Å². The fourth-order valence-electron chi connectivity index (χ4n) is 4.92. The van der Waals surface area contributed by atoms with E-state index in [0.29, 0.717) is 36.7 Å². The molecule has 2 aliphatic rings. The van der Waals surface area contributed by atoms with Gasteiger partial charge < -0.3 is 26.1 Å². The minimum absolute atomic E-state index is 0. The molecule has 0 radical (unpaired) electrons. The fraction of sp³-hybridized carbons (Fsp3) is 0.462. The maximum Gasteiger partial charge on any atom is 0.323 e. The molecule has 0 spiro atoms. The Morgan fingerprint density at radius 3 is 2.52 bits per heavy atom. The topological polar surface area (TPSA) is 174 Å². The van der Waals surface area contributed by atoms with Gasteiger partial charge in [-0.15, -0.1) is 12.4 Å². The number of amides is 2. The third-order valence-corrected chi connectivity index (χ3v) is 8.50. The summed E-state index contributed by atoms with van der Waals surface area (Å²) in [7, 11) is -4.29. The Hall–Kier alpha value is -3.26. The summed E-state index contributed by atoms with van der Waals surface area (Å²) < 4.78 is 29.6. The number of piperidine rings is 1. The Morgan fingerprint density at radius 2 is 1.88 bits per heavy atom. The van der Waals surface area contributed by atoms with Crippen molar-refractivity contribution in [1.29, 1.82) is 0 Å². The molecule has 1 heterocycles. The normalized spacial score (nSPS) is 18.1. The largest absolute Gasteiger partial charge is 0.480 e. The first-order chi connectivity index (χ1) is 18.7. The summed E-state index contributed by atoms with van der Waals surface area (Å²) in [5, 5.41) is 17.3. The van der Waals surface area contributed by atoms with Crippen LogP contribution in [0.25, 0.3) is 10.8 Å². The molecular weight excluding hydrogens is 560 g/mol. The molecule has 0 unspecified atom stereocenters. The first kappa shape index (κ1) is 31.3. The van der Waals surface area contributed by atoms with Crippen LogP contribution in [0.2, 0.25) is 0 Å². The Morgan fingerprint density at radius 1 is 1.15 bits per heavy atom. The van der Waals surface area contributed by atoms with Gasteiger partial charge in [0.25, 0.3) is 0 Å². The second kappa shape index (κ2) is 13.9. The van der Waals surface area contributed by atoms with Gasteiger partial charge in [-0.1, -0.05) is 36.4 Å². The number of nitrogens with zero attached hydrogens (tertiary/aromatic N) is 3. The molecule has 2 amide bonds. The number of sulfonamides is 1. The van der Waals surface area contributed by atoms with E-state index in [4.69, 9.17) is 5.84 Å². The molecule has 2 aromatic carbocycles. The molecule has 2 aromatic rings. The first-order valence-corrected chi connectivity index (χ1v) is 14.4. The number of hydrogen-bond acceptors (Lipinski definition) is 8. The van der Waals surface area contributed by atoms with Gasteiger partial charge in [0.2, 0.25) is 21.8 Å². The second-order valence-electron chi connectivity index (χ2n) is 9.97. The summed E-state index contributed by atoms with van der Waals surface area (Å²) in [5.41, 5.74) is 0. The standard InChI is InChI=1S/C26H34N6O6S.ClH/c27-29-17-31(15-18-5-4-12-28-14-18)24(33)13-22(26(36)32(16-25(34)35)20-10-11-20)30-39(37,38)23-9-3-7-19-6-1-2-8-21(19)23;/h1-3,6-9,17-18,20,22,28,30H,4-5,10-16,27H2,(H,34,35);1H/t18-,22-;/m0./s1. The van der Waals surface area contributed by atoms with E-state index in [-0.39, 0.29) is 29.3 Å². The highest BCUT2D eigenvalue weighted by Crippen LogP contribution is 2.28. The van der Waals surface area contributed by atoms with Crippen LogP contribution in [0, 0.1) is 5.92 Å². The van der Waals surface area contributed by atoms with Crippen molar-refractivity contribution in [1.82, 2.24) is 19.8 Å². The second-order valence-corrected chi connectivity index (χ2v) is 11.7. The number of hydrogen-bond donors (Lipinski definition) is 4. The minimum atomic E-state index is -4.29. The van der Waals surface area contributed by atoms with Gasteiger partial charge in [-0.2, -0.15) is 9.82 Å². The van der Waals surface area contributed by atoms with Gasteiger partial charge in [0.15, 0.2) is 0 Å².